The Balaban J connectivity index is 2.08. The number of carbonyl (C=O) groups excluding carboxylic acids is 1. The second-order valence-electron chi connectivity index (χ2n) is 7.20. The van der Waals surface area contributed by atoms with Crippen molar-refractivity contribution in [2.24, 2.45) is 7.05 Å². The van der Waals surface area contributed by atoms with Crippen molar-refractivity contribution >= 4 is 11.7 Å². The van der Waals surface area contributed by atoms with Gasteiger partial charge in [-0.25, -0.2) is 0 Å². The molecule has 0 unspecified atom stereocenters. The Kier molecular flexibility index (Phi) is 5.87. The molecule has 0 fully saturated rings. The lowest BCUT2D eigenvalue weighted by Gasteiger charge is -2.29. The number of nitrogens with zero attached hydrogens (tertiary/aromatic N) is 4. The topological polar surface area (TPSA) is 54.5 Å². The highest BCUT2D eigenvalue weighted by Gasteiger charge is 2.28. The van der Waals surface area contributed by atoms with Gasteiger partial charge < -0.3 is 14.2 Å². The van der Waals surface area contributed by atoms with E-state index >= 15 is 0 Å². The van der Waals surface area contributed by atoms with Crippen molar-refractivity contribution in [1.29, 1.82) is 0 Å². The van der Waals surface area contributed by atoms with Gasteiger partial charge in [-0.2, -0.15) is 5.10 Å². The maximum Gasteiger partial charge on any atom is 0.290 e. The molecule has 28 heavy (non-hydrogen) atoms. The zero-order valence-electron chi connectivity index (χ0n) is 17.2. The van der Waals surface area contributed by atoms with Gasteiger partial charge in [-0.15, -0.1) is 0 Å². The molecule has 148 valence electrons. The minimum atomic E-state index is -0.105. The fourth-order valence-corrected chi connectivity index (χ4v) is 3.45. The van der Waals surface area contributed by atoms with E-state index in [1.54, 1.807) is 12.1 Å². The molecule has 1 atom stereocenters. The van der Waals surface area contributed by atoms with Crippen LogP contribution >= 0.6 is 0 Å². The van der Waals surface area contributed by atoms with Gasteiger partial charge in [0.25, 0.3) is 5.91 Å². The van der Waals surface area contributed by atoms with E-state index in [0.717, 1.165) is 29.1 Å². The molecule has 0 aliphatic carbocycles. The van der Waals surface area contributed by atoms with Crippen molar-refractivity contribution in [1.82, 2.24) is 14.7 Å². The summed E-state index contributed by atoms with van der Waals surface area (Å²) in [5.41, 5.74) is 2.96. The summed E-state index contributed by atoms with van der Waals surface area (Å²) in [6.45, 7) is 4.61. The molecule has 1 amide bonds. The number of carbonyl (C=O) groups is 1. The fraction of sp³-hybridized carbons (Fsp3) is 0.364. The molecule has 0 bridgehead atoms. The van der Waals surface area contributed by atoms with Gasteiger partial charge >= 0.3 is 0 Å². The van der Waals surface area contributed by atoms with E-state index in [2.05, 4.69) is 13.8 Å². The SMILES string of the molecule is CC[C@@H](C)N(Cc1c(-c2ccccc2)nn(C)c1N(C)C)C(=O)c1ccco1. The van der Waals surface area contributed by atoms with Gasteiger partial charge in [0.1, 0.15) is 5.82 Å². The molecule has 0 aliphatic rings. The first kappa shape index (κ1) is 19.7. The van der Waals surface area contributed by atoms with Gasteiger partial charge in [-0.05, 0) is 25.5 Å². The molecule has 0 N–H and O–H groups in total. The molecule has 0 saturated heterocycles. The average molecular weight is 380 g/mol. The number of aryl methyl sites for hydroxylation is 1. The van der Waals surface area contributed by atoms with Gasteiger partial charge in [0, 0.05) is 38.3 Å². The van der Waals surface area contributed by atoms with E-state index in [1.165, 1.54) is 6.26 Å². The highest BCUT2D eigenvalue weighted by atomic mass is 16.3. The van der Waals surface area contributed by atoms with E-state index in [1.807, 2.05) is 66.0 Å². The third-order valence-corrected chi connectivity index (χ3v) is 5.03. The number of anilines is 1. The average Bonchev–Trinajstić information content (AvgIpc) is 3.33. The van der Waals surface area contributed by atoms with Crippen LogP contribution in [-0.4, -0.2) is 40.7 Å². The van der Waals surface area contributed by atoms with Crippen LogP contribution in [0.3, 0.4) is 0 Å². The monoisotopic (exact) mass is 380 g/mol. The van der Waals surface area contributed by atoms with Gasteiger partial charge in [0.05, 0.1) is 18.5 Å². The molecule has 3 aromatic rings. The number of aromatic nitrogens is 2. The normalized spacial score (nSPS) is 12.0. The predicted octanol–water partition coefficient (Wildman–Crippen LogP) is 4.19. The summed E-state index contributed by atoms with van der Waals surface area (Å²) in [4.78, 5) is 17.1. The molecule has 0 aliphatic heterocycles. The third kappa shape index (κ3) is 3.81. The Hall–Kier alpha value is -3.02. The molecule has 2 heterocycles. The zero-order valence-corrected chi connectivity index (χ0v) is 17.2. The maximum absolute atomic E-state index is 13.1. The number of benzene rings is 1. The predicted molar refractivity (Wildman–Crippen MR) is 111 cm³/mol. The molecule has 2 aromatic heterocycles. The number of furan rings is 1. The lowest BCUT2D eigenvalue weighted by atomic mass is 10.1. The Morgan fingerprint density at radius 2 is 1.89 bits per heavy atom. The Morgan fingerprint density at radius 1 is 1.18 bits per heavy atom. The zero-order chi connectivity index (χ0) is 20.3. The van der Waals surface area contributed by atoms with Gasteiger partial charge in [0.2, 0.25) is 0 Å². The maximum atomic E-state index is 13.1. The number of rotatable bonds is 7. The molecule has 0 radical (unpaired) electrons. The van der Waals surface area contributed by atoms with Crippen molar-refractivity contribution in [2.45, 2.75) is 32.9 Å². The molecule has 0 saturated carbocycles. The lowest BCUT2D eigenvalue weighted by molar-refractivity contribution is 0.0639. The van der Waals surface area contributed by atoms with Crippen LogP contribution in [0, 0.1) is 0 Å². The summed E-state index contributed by atoms with van der Waals surface area (Å²) in [5.74, 6) is 1.24. The van der Waals surface area contributed by atoms with Gasteiger partial charge in [0.15, 0.2) is 5.76 Å². The Labute approximate surface area is 166 Å². The van der Waals surface area contributed by atoms with Crippen molar-refractivity contribution in [2.75, 3.05) is 19.0 Å². The molecular weight excluding hydrogens is 352 g/mol. The minimum Gasteiger partial charge on any atom is -0.459 e. The first-order chi connectivity index (χ1) is 13.4. The molecule has 6 nitrogen and oxygen atoms in total. The van der Waals surface area contributed by atoms with Crippen LogP contribution in [0.4, 0.5) is 5.82 Å². The number of hydrogen-bond donors (Lipinski definition) is 0. The first-order valence-electron chi connectivity index (χ1n) is 9.57. The summed E-state index contributed by atoms with van der Waals surface area (Å²) >= 11 is 0. The van der Waals surface area contributed by atoms with E-state index in [4.69, 9.17) is 9.52 Å². The molecular formula is C22H28N4O2. The van der Waals surface area contributed by atoms with Gasteiger partial charge in [-0.1, -0.05) is 37.3 Å². The summed E-state index contributed by atoms with van der Waals surface area (Å²) < 4.78 is 7.26. The fourth-order valence-electron chi connectivity index (χ4n) is 3.45. The van der Waals surface area contributed by atoms with Crippen molar-refractivity contribution in [3.05, 3.63) is 60.1 Å². The summed E-state index contributed by atoms with van der Waals surface area (Å²) in [6, 6.07) is 13.6. The highest BCUT2D eigenvalue weighted by molar-refractivity contribution is 5.92. The van der Waals surface area contributed by atoms with Crippen LogP contribution in [0.2, 0.25) is 0 Å². The van der Waals surface area contributed by atoms with Crippen LogP contribution in [0.15, 0.2) is 53.1 Å². The van der Waals surface area contributed by atoms with Crippen LogP contribution < -0.4 is 4.90 Å². The van der Waals surface area contributed by atoms with Crippen LogP contribution in [0.1, 0.15) is 36.4 Å². The minimum absolute atomic E-state index is 0.0661. The quantitative estimate of drug-likeness (QED) is 0.617. The van der Waals surface area contributed by atoms with E-state index < -0.39 is 0 Å². The largest absolute Gasteiger partial charge is 0.459 e. The molecule has 3 rings (SSSR count). The summed E-state index contributed by atoms with van der Waals surface area (Å²) in [5, 5.41) is 4.78. The lowest BCUT2D eigenvalue weighted by Crippen LogP contribution is -2.38. The Bertz CT molecular complexity index is 914. The third-order valence-electron chi connectivity index (χ3n) is 5.03. The number of amides is 1. The van der Waals surface area contributed by atoms with E-state index in [0.29, 0.717) is 12.3 Å². The summed E-state index contributed by atoms with van der Waals surface area (Å²) in [7, 11) is 5.93. The van der Waals surface area contributed by atoms with Crippen molar-refractivity contribution in [3.63, 3.8) is 0 Å². The second kappa shape index (κ2) is 8.33. The van der Waals surface area contributed by atoms with Crippen LogP contribution in [-0.2, 0) is 13.6 Å². The first-order valence-corrected chi connectivity index (χ1v) is 9.57. The Morgan fingerprint density at radius 3 is 2.46 bits per heavy atom. The van der Waals surface area contributed by atoms with Crippen LogP contribution in [0.25, 0.3) is 11.3 Å². The summed E-state index contributed by atoms with van der Waals surface area (Å²) in [6.07, 6.45) is 2.39. The standard InChI is InChI=1S/C22H28N4O2/c1-6-16(2)26(22(27)19-13-10-14-28-19)15-18-20(17-11-8-7-9-12-17)23-25(5)21(18)24(3)4/h7-14,16H,6,15H2,1-5H3/t16-/m1/s1. The van der Waals surface area contributed by atoms with E-state index in [-0.39, 0.29) is 11.9 Å². The smallest absolute Gasteiger partial charge is 0.290 e. The molecule has 1 aromatic carbocycles. The number of hydrogen-bond acceptors (Lipinski definition) is 4. The van der Waals surface area contributed by atoms with Crippen molar-refractivity contribution in [3.8, 4) is 11.3 Å². The van der Waals surface area contributed by atoms with Gasteiger partial charge in [-0.3, -0.25) is 9.48 Å². The van der Waals surface area contributed by atoms with E-state index in [9.17, 15) is 4.79 Å². The second-order valence-corrected chi connectivity index (χ2v) is 7.20. The highest BCUT2D eigenvalue weighted by Crippen LogP contribution is 2.32. The molecule has 6 heteroatoms. The van der Waals surface area contributed by atoms with Crippen LogP contribution in [0.5, 0.6) is 0 Å². The van der Waals surface area contributed by atoms with Crippen molar-refractivity contribution < 1.29 is 9.21 Å². The molecule has 0 spiro atoms.